The highest BCUT2D eigenvalue weighted by atomic mass is 32.2. The van der Waals surface area contributed by atoms with Crippen LogP contribution in [0.2, 0.25) is 0 Å². The normalized spacial score (nSPS) is 22.2. The van der Waals surface area contributed by atoms with Gasteiger partial charge in [0.25, 0.3) is 5.91 Å². The van der Waals surface area contributed by atoms with E-state index in [9.17, 15) is 4.79 Å². The topological polar surface area (TPSA) is 29.1 Å². The van der Waals surface area contributed by atoms with E-state index < -0.39 is 4.87 Å². The van der Waals surface area contributed by atoms with Crippen LogP contribution < -0.4 is 5.32 Å². The average molecular weight is 255 g/mol. The van der Waals surface area contributed by atoms with Gasteiger partial charge in [0.2, 0.25) is 0 Å². The summed E-state index contributed by atoms with van der Waals surface area (Å²) in [6.07, 6.45) is 0. The Hall–Kier alpha value is -1.74. The van der Waals surface area contributed by atoms with Gasteiger partial charge < -0.3 is 5.32 Å². The average Bonchev–Trinajstić information content (AvgIpc) is 2.40. The van der Waals surface area contributed by atoms with Gasteiger partial charge in [0.15, 0.2) is 0 Å². The number of benzene rings is 2. The zero-order valence-electron chi connectivity index (χ0n) is 10.0. The number of fused-ring (bicyclic) bond motifs is 1. The van der Waals surface area contributed by atoms with Gasteiger partial charge in [0.1, 0.15) is 4.87 Å². The minimum absolute atomic E-state index is 0.00398. The lowest BCUT2D eigenvalue weighted by molar-refractivity contribution is 0.0925. The fraction of sp³-hybridized carbons (Fsp3) is 0.133. The van der Waals surface area contributed by atoms with Gasteiger partial charge in [0.05, 0.1) is 5.56 Å². The molecule has 0 spiro atoms. The minimum atomic E-state index is -0.396. The number of hydrogen-bond acceptors (Lipinski definition) is 2. The van der Waals surface area contributed by atoms with Crippen molar-refractivity contribution in [1.82, 2.24) is 5.32 Å². The highest BCUT2D eigenvalue weighted by Crippen LogP contribution is 2.43. The second-order valence-electron chi connectivity index (χ2n) is 4.45. The lowest BCUT2D eigenvalue weighted by Gasteiger charge is -2.35. The molecule has 0 saturated carbocycles. The van der Waals surface area contributed by atoms with Gasteiger partial charge in [-0.05, 0) is 24.6 Å². The van der Waals surface area contributed by atoms with E-state index in [4.69, 9.17) is 0 Å². The van der Waals surface area contributed by atoms with E-state index in [0.717, 1.165) is 16.0 Å². The number of thioether (sulfide) groups is 1. The summed E-state index contributed by atoms with van der Waals surface area (Å²) in [4.78, 5) is 12.8. The third-order valence-corrected chi connectivity index (χ3v) is 4.44. The van der Waals surface area contributed by atoms with Crippen molar-refractivity contribution in [3.05, 3.63) is 65.7 Å². The predicted molar refractivity (Wildman–Crippen MR) is 73.6 cm³/mol. The number of hydrogen-bond donors (Lipinski definition) is 1. The Kier molecular flexibility index (Phi) is 2.63. The van der Waals surface area contributed by atoms with E-state index >= 15 is 0 Å². The van der Waals surface area contributed by atoms with Crippen molar-refractivity contribution >= 4 is 17.7 Å². The fourth-order valence-corrected chi connectivity index (χ4v) is 3.41. The van der Waals surface area contributed by atoms with Crippen molar-refractivity contribution in [1.29, 1.82) is 0 Å². The first-order valence-electron chi connectivity index (χ1n) is 5.85. The summed E-state index contributed by atoms with van der Waals surface area (Å²) in [6.45, 7) is 2.04. The standard InChI is InChI=1S/C15H13NOS/c1-15(11-7-3-2-4-8-11)16-14(17)12-9-5-6-10-13(12)18-15/h2-10H,1H3,(H,16,17). The van der Waals surface area contributed by atoms with E-state index in [-0.39, 0.29) is 5.91 Å². The Morgan fingerprint density at radius 2 is 1.67 bits per heavy atom. The summed E-state index contributed by atoms with van der Waals surface area (Å²) in [5.41, 5.74) is 1.87. The molecule has 1 aliphatic heterocycles. The number of rotatable bonds is 1. The molecule has 1 N–H and O–H groups in total. The summed E-state index contributed by atoms with van der Waals surface area (Å²) >= 11 is 1.68. The van der Waals surface area contributed by atoms with Crippen LogP contribution in [0.25, 0.3) is 0 Å². The predicted octanol–water partition coefficient (Wildman–Crippen LogP) is 3.40. The molecule has 0 aliphatic carbocycles. The van der Waals surface area contributed by atoms with Crippen LogP contribution in [0.5, 0.6) is 0 Å². The lowest BCUT2D eigenvalue weighted by Crippen LogP contribution is -2.43. The van der Waals surface area contributed by atoms with Gasteiger partial charge in [-0.1, -0.05) is 54.2 Å². The molecule has 18 heavy (non-hydrogen) atoms. The molecule has 1 aliphatic rings. The maximum absolute atomic E-state index is 12.2. The monoisotopic (exact) mass is 255 g/mol. The van der Waals surface area contributed by atoms with E-state index in [1.54, 1.807) is 11.8 Å². The van der Waals surface area contributed by atoms with E-state index in [1.165, 1.54) is 0 Å². The maximum Gasteiger partial charge on any atom is 0.253 e. The minimum Gasteiger partial charge on any atom is -0.333 e. The molecule has 1 amide bonds. The van der Waals surface area contributed by atoms with Crippen molar-refractivity contribution in [2.24, 2.45) is 0 Å². The van der Waals surface area contributed by atoms with Crippen molar-refractivity contribution in [3.63, 3.8) is 0 Å². The Morgan fingerprint density at radius 3 is 2.44 bits per heavy atom. The number of amides is 1. The highest BCUT2D eigenvalue weighted by molar-refractivity contribution is 8.00. The zero-order valence-corrected chi connectivity index (χ0v) is 10.8. The summed E-state index contributed by atoms with van der Waals surface area (Å²) < 4.78 is 0. The van der Waals surface area contributed by atoms with Crippen LogP contribution in [0.4, 0.5) is 0 Å². The summed E-state index contributed by atoms with van der Waals surface area (Å²) in [7, 11) is 0. The van der Waals surface area contributed by atoms with Crippen molar-refractivity contribution in [2.45, 2.75) is 16.7 Å². The SMILES string of the molecule is CC1(c2ccccc2)NC(=O)c2ccccc2S1. The summed E-state index contributed by atoms with van der Waals surface area (Å²) in [6, 6.07) is 17.8. The van der Waals surface area contributed by atoms with E-state index in [2.05, 4.69) is 5.32 Å². The van der Waals surface area contributed by atoms with Crippen LogP contribution in [0.15, 0.2) is 59.5 Å². The molecule has 1 unspecified atom stereocenters. The second-order valence-corrected chi connectivity index (χ2v) is 5.91. The van der Waals surface area contributed by atoms with Gasteiger partial charge in [-0.3, -0.25) is 4.79 Å². The molecule has 0 radical (unpaired) electrons. The van der Waals surface area contributed by atoms with Crippen molar-refractivity contribution in [3.8, 4) is 0 Å². The Morgan fingerprint density at radius 1 is 1.00 bits per heavy atom. The van der Waals surface area contributed by atoms with Crippen LogP contribution >= 0.6 is 11.8 Å². The van der Waals surface area contributed by atoms with Crippen LogP contribution in [0, 0.1) is 0 Å². The third kappa shape index (κ3) is 1.81. The van der Waals surface area contributed by atoms with Gasteiger partial charge in [0, 0.05) is 4.90 Å². The largest absolute Gasteiger partial charge is 0.333 e. The second kappa shape index (κ2) is 4.18. The molecular formula is C15H13NOS. The summed E-state index contributed by atoms with van der Waals surface area (Å²) in [5.74, 6) is -0.00398. The van der Waals surface area contributed by atoms with Gasteiger partial charge in [-0.2, -0.15) is 0 Å². The van der Waals surface area contributed by atoms with Crippen LogP contribution in [0.3, 0.4) is 0 Å². The molecule has 90 valence electrons. The van der Waals surface area contributed by atoms with Gasteiger partial charge >= 0.3 is 0 Å². The van der Waals surface area contributed by atoms with Crippen molar-refractivity contribution in [2.75, 3.05) is 0 Å². The first kappa shape index (κ1) is 11.4. The quantitative estimate of drug-likeness (QED) is 0.846. The van der Waals surface area contributed by atoms with Crippen LogP contribution in [-0.4, -0.2) is 5.91 Å². The number of nitrogens with one attached hydrogen (secondary N) is 1. The molecule has 0 aromatic heterocycles. The molecule has 2 aromatic carbocycles. The molecule has 0 bridgehead atoms. The smallest absolute Gasteiger partial charge is 0.253 e. The van der Waals surface area contributed by atoms with E-state index in [1.807, 2.05) is 61.5 Å². The molecule has 1 heterocycles. The third-order valence-electron chi connectivity index (χ3n) is 3.12. The number of carbonyl (C=O) groups excluding carboxylic acids is 1. The molecule has 0 saturated heterocycles. The molecule has 2 aromatic rings. The van der Waals surface area contributed by atoms with Gasteiger partial charge in [-0.15, -0.1) is 0 Å². The first-order valence-corrected chi connectivity index (χ1v) is 6.67. The van der Waals surface area contributed by atoms with Crippen molar-refractivity contribution < 1.29 is 4.79 Å². The van der Waals surface area contributed by atoms with E-state index in [0.29, 0.717) is 0 Å². The van der Waals surface area contributed by atoms with Crippen LogP contribution in [0.1, 0.15) is 22.8 Å². The highest BCUT2D eigenvalue weighted by Gasteiger charge is 2.35. The molecule has 1 atom stereocenters. The first-order chi connectivity index (χ1) is 8.69. The number of carbonyl (C=O) groups is 1. The van der Waals surface area contributed by atoms with Gasteiger partial charge in [-0.25, -0.2) is 0 Å². The molecule has 0 fully saturated rings. The maximum atomic E-state index is 12.2. The Bertz CT molecular complexity index is 596. The zero-order chi connectivity index (χ0) is 12.6. The lowest BCUT2D eigenvalue weighted by atomic mass is 10.1. The molecule has 3 heteroatoms. The Labute approximate surface area is 110 Å². The Balaban J connectivity index is 2.06. The molecule has 3 rings (SSSR count). The van der Waals surface area contributed by atoms with Crippen LogP contribution in [-0.2, 0) is 4.87 Å². The fourth-order valence-electron chi connectivity index (χ4n) is 2.16. The molecular weight excluding hydrogens is 242 g/mol. The molecule has 2 nitrogen and oxygen atoms in total. The summed E-state index contributed by atoms with van der Waals surface area (Å²) in [5, 5.41) is 3.09.